The fourth-order valence-corrected chi connectivity index (χ4v) is 4.26. The third kappa shape index (κ3) is 3.70. The Hall–Kier alpha value is -2.94. The fourth-order valence-electron chi connectivity index (χ4n) is 3.58. The van der Waals surface area contributed by atoms with Crippen LogP contribution in [-0.2, 0) is 9.59 Å². The van der Waals surface area contributed by atoms with Crippen molar-refractivity contribution >= 4 is 39.9 Å². The Morgan fingerprint density at radius 1 is 1.29 bits per heavy atom. The Morgan fingerprint density at radius 3 is 2.89 bits per heavy atom. The lowest BCUT2D eigenvalue weighted by atomic mass is 9.95. The van der Waals surface area contributed by atoms with Gasteiger partial charge in [0.05, 0.1) is 12.1 Å². The van der Waals surface area contributed by atoms with Crippen molar-refractivity contribution in [2.45, 2.75) is 31.8 Å². The van der Waals surface area contributed by atoms with Crippen molar-refractivity contribution in [1.29, 1.82) is 0 Å². The number of carbonyl (C=O) groups is 3. The molecule has 2 aromatic rings. The number of carbonyl (C=O) groups excluding carboxylic acids is 3. The van der Waals surface area contributed by atoms with Crippen LogP contribution in [0.5, 0.6) is 0 Å². The number of anilines is 2. The molecular weight excluding hydrogens is 378 g/mol. The maximum absolute atomic E-state index is 12.6. The van der Waals surface area contributed by atoms with Crippen molar-refractivity contribution in [3.8, 4) is 0 Å². The highest BCUT2D eigenvalue weighted by Gasteiger charge is 2.40. The maximum Gasteiger partial charge on any atom is 0.255 e. The van der Waals surface area contributed by atoms with E-state index in [1.54, 1.807) is 17.2 Å². The van der Waals surface area contributed by atoms with Gasteiger partial charge in [-0.25, -0.2) is 4.98 Å². The first kappa shape index (κ1) is 18.4. The average molecular weight is 399 g/mol. The van der Waals surface area contributed by atoms with Gasteiger partial charge in [-0.05, 0) is 25.5 Å². The standard InChI is InChI=1S/C19H21N5O3S/c1-12-10-20-18(28-12)21-15(25)11-24-9-8-19(7-6-16(24)26)22-14-5-3-2-4-13(14)17(27)23-19/h2-5,10,22H,6-9,11H2,1H3,(H,23,27)(H,20,21,25)/t19-/m0/s1. The predicted molar refractivity (Wildman–Crippen MR) is 106 cm³/mol. The summed E-state index contributed by atoms with van der Waals surface area (Å²) in [7, 11) is 0. The highest BCUT2D eigenvalue weighted by Crippen LogP contribution is 2.31. The number of hydrogen-bond acceptors (Lipinski definition) is 6. The van der Waals surface area contributed by atoms with Gasteiger partial charge < -0.3 is 20.9 Å². The maximum atomic E-state index is 12.6. The predicted octanol–water partition coefficient (Wildman–Crippen LogP) is 1.95. The number of thiazole rings is 1. The molecule has 1 spiro atoms. The van der Waals surface area contributed by atoms with Crippen molar-refractivity contribution in [2.24, 2.45) is 0 Å². The molecule has 1 aromatic heterocycles. The molecule has 28 heavy (non-hydrogen) atoms. The minimum Gasteiger partial charge on any atom is -0.362 e. The SMILES string of the molecule is Cc1cnc(NC(=O)CN2CC[C@]3(CCC2=O)NC(=O)c2ccccc2N3)s1. The smallest absolute Gasteiger partial charge is 0.255 e. The fraction of sp³-hybridized carbons (Fsp3) is 0.368. The molecule has 1 fully saturated rings. The number of nitrogens with zero attached hydrogens (tertiary/aromatic N) is 2. The normalized spacial score (nSPS) is 21.5. The molecule has 9 heteroatoms. The molecule has 0 unspecified atom stereocenters. The summed E-state index contributed by atoms with van der Waals surface area (Å²) in [6.45, 7) is 2.26. The molecule has 4 rings (SSSR count). The Labute approximate surface area is 166 Å². The van der Waals surface area contributed by atoms with Crippen LogP contribution in [0.2, 0.25) is 0 Å². The highest BCUT2D eigenvalue weighted by molar-refractivity contribution is 7.15. The number of para-hydroxylation sites is 1. The van der Waals surface area contributed by atoms with E-state index in [1.165, 1.54) is 11.3 Å². The van der Waals surface area contributed by atoms with Gasteiger partial charge in [-0.2, -0.15) is 0 Å². The van der Waals surface area contributed by atoms with E-state index in [0.29, 0.717) is 30.1 Å². The molecule has 1 atom stereocenters. The lowest BCUT2D eigenvalue weighted by Crippen LogP contribution is -2.58. The van der Waals surface area contributed by atoms with Crippen LogP contribution in [0.3, 0.4) is 0 Å². The van der Waals surface area contributed by atoms with E-state index in [2.05, 4.69) is 20.9 Å². The van der Waals surface area contributed by atoms with Crippen LogP contribution in [0.4, 0.5) is 10.8 Å². The number of benzene rings is 1. The van der Waals surface area contributed by atoms with E-state index >= 15 is 0 Å². The largest absolute Gasteiger partial charge is 0.362 e. The summed E-state index contributed by atoms with van der Waals surface area (Å²) >= 11 is 1.39. The number of amides is 3. The molecule has 146 valence electrons. The summed E-state index contributed by atoms with van der Waals surface area (Å²) in [4.78, 5) is 44.0. The Balaban J connectivity index is 1.43. The highest BCUT2D eigenvalue weighted by atomic mass is 32.1. The van der Waals surface area contributed by atoms with Crippen molar-refractivity contribution in [2.75, 3.05) is 23.7 Å². The summed E-state index contributed by atoms with van der Waals surface area (Å²) in [5, 5.41) is 9.69. The van der Waals surface area contributed by atoms with Crippen molar-refractivity contribution in [3.05, 3.63) is 40.9 Å². The molecule has 1 aromatic carbocycles. The molecule has 8 nitrogen and oxygen atoms in total. The number of aryl methyl sites for hydroxylation is 1. The molecule has 0 bridgehead atoms. The molecule has 0 radical (unpaired) electrons. The zero-order chi connectivity index (χ0) is 19.7. The zero-order valence-electron chi connectivity index (χ0n) is 15.4. The van der Waals surface area contributed by atoms with E-state index < -0.39 is 5.66 Å². The second kappa shape index (κ2) is 7.23. The van der Waals surface area contributed by atoms with Gasteiger partial charge in [-0.3, -0.25) is 14.4 Å². The van der Waals surface area contributed by atoms with E-state index in [9.17, 15) is 14.4 Å². The molecule has 0 saturated carbocycles. The van der Waals surface area contributed by atoms with E-state index in [1.807, 2.05) is 25.1 Å². The van der Waals surface area contributed by atoms with Crippen LogP contribution in [-0.4, -0.2) is 46.4 Å². The summed E-state index contributed by atoms with van der Waals surface area (Å²) < 4.78 is 0. The summed E-state index contributed by atoms with van der Waals surface area (Å²) in [6.07, 6.45) is 2.92. The van der Waals surface area contributed by atoms with Crippen LogP contribution >= 0.6 is 11.3 Å². The zero-order valence-corrected chi connectivity index (χ0v) is 16.3. The molecule has 3 amide bonds. The Bertz CT molecular complexity index is 943. The van der Waals surface area contributed by atoms with Gasteiger partial charge in [-0.15, -0.1) is 11.3 Å². The van der Waals surface area contributed by atoms with Gasteiger partial charge in [-0.1, -0.05) is 12.1 Å². The summed E-state index contributed by atoms with van der Waals surface area (Å²) in [6, 6.07) is 7.32. The second-order valence-electron chi connectivity index (χ2n) is 7.10. The first-order chi connectivity index (χ1) is 13.4. The quantitative estimate of drug-likeness (QED) is 0.732. The third-order valence-electron chi connectivity index (χ3n) is 5.03. The van der Waals surface area contributed by atoms with E-state index in [4.69, 9.17) is 0 Å². The number of likely N-dealkylation sites (tertiary alicyclic amines) is 1. The number of fused-ring (bicyclic) bond motifs is 1. The molecule has 2 aliphatic rings. The second-order valence-corrected chi connectivity index (χ2v) is 8.33. The molecule has 1 saturated heterocycles. The Morgan fingerprint density at radius 2 is 2.11 bits per heavy atom. The van der Waals surface area contributed by atoms with Crippen molar-refractivity contribution < 1.29 is 14.4 Å². The minimum atomic E-state index is -0.682. The van der Waals surface area contributed by atoms with E-state index in [-0.39, 0.29) is 30.7 Å². The summed E-state index contributed by atoms with van der Waals surface area (Å²) in [5.41, 5.74) is 0.682. The molecule has 3 N–H and O–H groups in total. The number of hydrogen-bond donors (Lipinski definition) is 3. The van der Waals surface area contributed by atoms with Crippen molar-refractivity contribution in [3.63, 3.8) is 0 Å². The molecule has 3 heterocycles. The van der Waals surface area contributed by atoms with Gasteiger partial charge >= 0.3 is 0 Å². The lowest BCUT2D eigenvalue weighted by Gasteiger charge is -2.39. The van der Waals surface area contributed by atoms with Crippen molar-refractivity contribution in [1.82, 2.24) is 15.2 Å². The van der Waals surface area contributed by atoms with Crippen LogP contribution < -0.4 is 16.0 Å². The lowest BCUT2D eigenvalue weighted by molar-refractivity contribution is -0.134. The number of aromatic nitrogens is 1. The summed E-state index contributed by atoms with van der Waals surface area (Å²) in [5.74, 6) is -0.519. The van der Waals surface area contributed by atoms with Crippen LogP contribution in [0.25, 0.3) is 0 Å². The molecule has 0 aliphatic carbocycles. The number of nitrogens with one attached hydrogen (secondary N) is 3. The van der Waals surface area contributed by atoms with Crippen LogP contribution in [0, 0.1) is 6.92 Å². The van der Waals surface area contributed by atoms with E-state index in [0.717, 1.165) is 10.6 Å². The third-order valence-corrected chi connectivity index (χ3v) is 5.86. The minimum absolute atomic E-state index is 0.0297. The average Bonchev–Trinajstić information content (AvgIpc) is 3.01. The Kier molecular flexibility index (Phi) is 4.76. The van der Waals surface area contributed by atoms with Gasteiger partial charge in [0.2, 0.25) is 11.8 Å². The first-order valence-electron chi connectivity index (χ1n) is 9.14. The topological polar surface area (TPSA) is 103 Å². The first-order valence-corrected chi connectivity index (χ1v) is 9.96. The number of rotatable bonds is 3. The van der Waals surface area contributed by atoms with Crippen LogP contribution in [0.15, 0.2) is 30.5 Å². The van der Waals surface area contributed by atoms with Gasteiger partial charge in [0.1, 0.15) is 5.66 Å². The molecular formula is C19H21N5O3S. The van der Waals surface area contributed by atoms with Gasteiger partial charge in [0.25, 0.3) is 5.91 Å². The van der Waals surface area contributed by atoms with Gasteiger partial charge in [0, 0.05) is 36.1 Å². The molecule has 2 aliphatic heterocycles. The van der Waals surface area contributed by atoms with Crippen LogP contribution in [0.1, 0.15) is 34.5 Å². The monoisotopic (exact) mass is 399 g/mol. The van der Waals surface area contributed by atoms with Gasteiger partial charge in [0.15, 0.2) is 5.13 Å².